The van der Waals surface area contributed by atoms with E-state index in [9.17, 15) is 18.0 Å². The lowest BCUT2D eigenvalue weighted by molar-refractivity contribution is -0.275. The molecule has 1 heterocycles. The van der Waals surface area contributed by atoms with E-state index in [4.69, 9.17) is 10.8 Å². The summed E-state index contributed by atoms with van der Waals surface area (Å²) in [5, 5.41) is 8.97. The van der Waals surface area contributed by atoms with Crippen molar-refractivity contribution in [2.75, 3.05) is 0 Å². The van der Waals surface area contributed by atoms with E-state index in [1.54, 1.807) is 0 Å². The molecular formula is C7H7F3N2O3. The van der Waals surface area contributed by atoms with Gasteiger partial charge in [-0.3, -0.25) is 4.79 Å². The number of nitrogens with one attached hydrogen (secondary N) is 1. The molecule has 1 aromatic rings. The van der Waals surface area contributed by atoms with Gasteiger partial charge in [-0.15, -0.1) is 13.2 Å². The maximum Gasteiger partial charge on any atom is 0.573 e. The molecule has 4 N–H and O–H groups in total. The fourth-order valence-electron chi connectivity index (χ4n) is 0.892. The largest absolute Gasteiger partial charge is 0.573 e. The molecule has 0 radical (unpaired) electrons. The van der Waals surface area contributed by atoms with Crippen molar-refractivity contribution in [1.29, 1.82) is 0 Å². The highest BCUT2D eigenvalue weighted by molar-refractivity contribution is 5.37. The van der Waals surface area contributed by atoms with Gasteiger partial charge in [0.1, 0.15) is 0 Å². The molecule has 0 unspecified atom stereocenters. The third-order valence-electron chi connectivity index (χ3n) is 1.47. The molecule has 1 rings (SSSR count). The van der Waals surface area contributed by atoms with Gasteiger partial charge in [0.25, 0.3) is 5.56 Å². The first kappa shape index (κ1) is 11.4. The number of halogens is 3. The molecule has 15 heavy (non-hydrogen) atoms. The molecule has 8 heteroatoms. The number of alkyl halides is 3. The van der Waals surface area contributed by atoms with Crippen LogP contribution >= 0.6 is 0 Å². The Morgan fingerprint density at radius 2 is 2.13 bits per heavy atom. The monoisotopic (exact) mass is 224 g/mol. The third kappa shape index (κ3) is 2.88. The highest BCUT2D eigenvalue weighted by Gasteiger charge is 2.33. The van der Waals surface area contributed by atoms with Crippen molar-refractivity contribution in [2.45, 2.75) is 12.9 Å². The molecule has 0 fully saturated rings. The van der Waals surface area contributed by atoms with Crippen molar-refractivity contribution in [3.05, 3.63) is 22.1 Å². The minimum absolute atomic E-state index is 0.0250. The Balaban J connectivity index is 3.17. The normalized spacial score (nSPS) is 11.5. The lowest BCUT2D eigenvalue weighted by Crippen LogP contribution is -2.20. The summed E-state index contributed by atoms with van der Waals surface area (Å²) >= 11 is 0. The summed E-state index contributed by atoms with van der Waals surface area (Å²) < 4.78 is 38.9. The summed E-state index contributed by atoms with van der Waals surface area (Å²) in [4.78, 5) is 13.0. The predicted octanol–water partition coefficient (Wildman–Crippen LogP) is 0.438. The molecule has 0 bridgehead atoms. The minimum atomic E-state index is -4.98. The van der Waals surface area contributed by atoms with Crippen molar-refractivity contribution < 1.29 is 23.0 Å². The average Bonchev–Trinajstić information content (AvgIpc) is 2.10. The zero-order chi connectivity index (χ0) is 11.6. The van der Waals surface area contributed by atoms with E-state index >= 15 is 0 Å². The number of aromatic nitrogens is 1. The first-order valence-electron chi connectivity index (χ1n) is 3.74. The van der Waals surface area contributed by atoms with Crippen LogP contribution in [0.15, 0.2) is 10.9 Å². The lowest BCUT2D eigenvalue weighted by atomic mass is 10.3. The molecule has 0 aliphatic heterocycles. The van der Waals surface area contributed by atoms with Gasteiger partial charge in [-0.2, -0.15) is 0 Å². The van der Waals surface area contributed by atoms with Crippen LogP contribution in [-0.2, 0) is 6.54 Å². The van der Waals surface area contributed by atoms with E-state index in [0.29, 0.717) is 0 Å². The Morgan fingerprint density at radius 3 is 2.60 bits per heavy atom. The summed E-state index contributed by atoms with van der Waals surface area (Å²) in [5.41, 5.74) is 4.05. The summed E-state index contributed by atoms with van der Waals surface area (Å²) in [6, 6.07) is 0.810. The quantitative estimate of drug-likeness (QED) is 0.680. The van der Waals surface area contributed by atoms with Crippen LogP contribution in [-0.4, -0.2) is 16.5 Å². The zero-order valence-corrected chi connectivity index (χ0v) is 7.26. The number of nitrogens with two attached hydrogens (primary N) is 1. The van der Waals surface area contributed by atoms with Crippen LogP contribution in [0.3, 0.4) is 0 Å². The number of hydrogen-bond donors (Lipinski definition) is 3. The number of ether oxygens (including phenoxy) is 1. The molecular weight excluding hydrogens is 217 g/mol. The van der Waals surface area contributed by atoms with Gasteiger partial charge < -0.3 is 20.6 Å². The summed E-state index contributed by atoms with van der Waals surface area (Å²) in [5.74, 6) is -2.10. The molecule has 84 valence electrons. The van der Waals surface area contributed by atoms with Crippen LogP contribution in [0, 0.1) is 0 Å². The van der Waals surface area contributed by atoms with Gasteiger partial charge in [0, 0.05) is 18.3 Å². The number of hydrogen-bond acceptors (Lipinski definition) is 4. The number of pyridine rings is 1. The van der Waals surface area contributed by atoms with E-state index in [1.165, 1.54) is 0 Å². The van der Waals surface area contributed by atoms with Crippen molar-refractivity contribution in [1.82, 2.24) is 4.98 Å². The Morgan fingerprint density at radius 1 is 1.53 bits per heavy atom. The van der Waals surface area contributed by atoms with Gasteiger partial charge in [-0.1, -0.05) is 0 Å². The first-order chi connectivity index (χ1) is 6.83. The molecule has 1 aromatic heterocycles. The third-order valence-corrected chi connectivity index (χ3v) is 1.47. The molecule has 0 amide bonds. The minimum Gasteiger partial charge on any atom is -0.500 e. The molecule has 0 saturated heterocycles. The van der Waals surface area contributed by atoms with Crippen LogP contribution in [0.4, 0.5) is 13.2 Å². The molecule has 0 spiro atoms. The van der Waals surface area contributed by atoms with Gasteiger partial charge in [-0.25, -0.2) is 0 Å². The lowest BCUT2D eigenvalue weighted by Gasteiger charge is -2.10. The number of aromatic hydroxyl groups is 1. The average molecular weight is 224 g/mol. The molecule has 0 aliphatic rings. The SMILES string of the molecule is NCc1cc(OC(F)(F)F)c(O)c(=O)[nH]1. The van der Waals surface area contributed by atoms with E-state index < -0.39 is 23.4 Å². The predicted molar refractivity (Wildman–Crippen MR) is 43.3 cm³/mol. The second kappa shape index (κ2) is 3.81. The highest BCUT2D eigenvalue weighted by Crippen LogP contribution is 2.28. The smallest absolute Gasteiger partial charge is 0.500 e. The standard InChI is InChI=1S/C7H7F3N2O3/c8-7(9,10)15-4-1-3(2-11)12-6(14)5(4)13/h1,13H,2,11H2,(H,12,14). The molecule has 5 nitrogen and oxygen atoms in total. The van der Waals surface area contributed by atoms with Crippen LogP contribution in [0.25, 0.3) is 0 Å². The van der Waals surface area contributed by atoms with Crippen LogP contribution < -0.4 is 16.0 Å². The van der Waals surface area contributed by atoms with Gasteiger partial charge in [0.05, 0.1) is 0 Å². The highest BCUT2D eigenvalue weighted by atomic mass is 19.4. The summed E-state index contributed by atoms with van der Waals surface area (Å²) in [6.07, 6.45) is -4.98. The van der Waals surface area contributed by atoms with Crippen LogP contribution in [0.1, 0.15) is 5.69 Å². The summed E-state index contributed by atoms with van der Waals surface area (Å²) in [7, 11) is 0. The summed E-state index contributed by atoms with van der Waals surface area (Å²) in [6.45, 7) is -0.177. The van der Waals surface area contributed by atoms with Gasteiger partial charge in [-0.05, 0) is 0 Å². The maximum absolute atomic E-state index is 11.8. The Bertz CT molecular complexity index is 413. The Hall–Kier alpha value is -1.70. The second-order valence-corrected chi connectivity index (χ2v) is 2.59. The fourth-order valence-corrected chi connectivity index (χ4v) is 0.892. The topological polar surface area (TPSA) is 88.3 Å². The molecule has 0 atom stereocenters. The van der Waals surface area contributed by atoms with Gasteiger partial charge in [0.15, 0.2) is 5.75 Å². The Labute approximate surface area is 81.3 Å². The number of rotatable bonds is 2. The van der Waals surface area contributed by atoms with Gasteiger partial charge in [0.2, 0.25) is 5.75 Å². The van der Waals surface area contributed by atoms with Crippen molar-refractivity contribution in [2.24, 2.45) is 5.73 Å². The zero-order valence-electron chi connectivity index (χ0n) is 7.26. The van der Waals surface area contributed by atoms with E-state index in [0.717, 1.165) is 6.07 Å². The maximum atomic E-state index is 11.8. The van der Waals surface area contributed by atoms with E-state index in [1.807, 2.05) is 0 Å². The van der Waals surface area contributed by atoms with E-state index in [2.05, 4.69) is 9.72 Å². The van der Waals surface area contributed by atoms with E-state index in [-0.39, 0.29) is 12.2 Å². The number of aromatic amines is 1. The fraction of sp³-hybridized carbons (Fsp3) is 0.286. The van der Waals surface area contributed by atoms with Crippen molar-refractivity contribution in [3.8, 4) is 11.5 Å². The second-order valence-electron chi connectivity index (χ2n) is 2.59. The Kier molecular flexibility index (Phi) is 2.89. The molecule has 0 saturated carbocycles. The van der Waals surface area contributed by atoms with Crippen molar-refractivity contribution in [3.63, 3.8) is 0 Å². The first-order valence-corrected chi connectivity index (χ1v) is 3.74. The van der Waals surface area contributed by atoms with Crippen LogP contribution in [0.2, 0.25) is 0 Å². The molecule has 0 aliphatic carbocycles. The van der Waals surface area contributed by atoms with Crippen LogP contribution in [0.5, 0.6) is 11.5 Å². The number of H-pyrrole nitrogens is 1. The van der Waals surface area contributed by atoms with Crippen molar-refractivity contribution >= 4 is 0 Å². The van der Waals surface area contributed by atoms with Gasteiger partial charge >= 0.3 is 6.36 Å². The molecule has 0 aromatic carbocycles.